The van der Waals surface area contributed by atoms with E-state index in [1.54, 1.807) is 5.38 Å². The Kier molecular flexibility index (Phi) is 3.56. The highest BCUT2D eigenvalue weighted by Crippen LogP contribution is 2.32. The Morgan fingerprint density at radius 2 is 2.00 bits per heavy atom. The van der Waals surface area contributed by atoms with Crippen molar-refractivity contribution >= 4 is 16.5 Å². The Labute approximate surface area is 119 Å². The summed E-state index contributed by atoms with van der Waals surface area (Å²) in [4.78, 5) is 4.01. The molecule has 0 bridgehead atoms. The molecule has 1 heterocycles. The highest BCUT2D eigenvalue weighted by atomic mass is 32.1. The molecule has 6 heteroatoms. The van der Waals surface area contributed by atoms with E-state index in [2.05, 4.69) is 4.98 Å². The number of nitrogen functional groups attached to an aromatic ring is 1. The molecule has 1 fully saturated rings. The molecule has 2 N–H and O–H groups in total. The van der Waals surface area contributed by atoms with Gasteiger partial charge in [0.1, 0.15) is 0 Å². The van der Waals surface area contributed by atoms with Gasteiger partial charge in [0.25, 0.3) is 0 Å². The van der Waals surface area contributed by atoms with Crippen LogP contribution in [-0.4, -0.2) is 11.6 Å². The van der Waals surface area contributed by atoms with E-state index in [1.165, 1.54) is 29.9 Å². The second-order valence-electron chi connectivity index (χ2n) is 4.95. The average molecular weight is 296 g/mol. The fourth-order valence-electron chi connectivity index (χ4n) is 2.13. The lowest BCUT2D eigenvalue weighted by Crippen LogP contribution is -2.20. The lowest BCUT2D eigenvalue weighted by Gasteiger charge is -2.25. The molecule has 1 aromatic heterocycles. The van der Waals surface area contributed by atoms with Crippen LogP contribution in [-0.2, 0) is 0 Å². The van der Waals surface area contributed by atoms with Gasteiger partial charge >= 0.3 is 0 Å². The van der Waals surface area contributed by atoms with Gasteiger partial charge in [-0.25, -0.2) is 13.8 Å². The van der Waals surface area contributed by atoms with Crippen LogP contribution in [0.4, 0.5) is 13.9 Å². The molecule has 0 saturated heterocycles. The molecule has 20 heavy (non-hydrogen) atoms. The minimum absolute atomic E-state index is 0.302. The van der Waals surface area contributed by atoms with Crippen molar-refractivity contribution in [2.45, 2.75) is 19.3 Å². The average Bonchev–Trinajstić information content (AvgIpc) is 2.77. The van der Waals surface area contributed by atoms with Gasteiger partial charge in [0.2, 0.25) is 0 Å². The fourth-order valence-corrected chi connectivity index (χ4v) is 2.70. The number of hydrogen-bond acceptors (Lipinski definition) is 4. The molecule has 0 unspecified atom stereocenters. The number of ether oxygens (including phenoxy) is 1. The van der Waals surface area contributed by atoms with Crippen LogP contribution in [0.5, 0.6) is 5.75 Å². The Hall–Kier alpha value is -1.69. The van der Waals surface area contributed by atoms with Gasteiger partial charge in [-0.2, -0.15) is 0 Å². The molecule has 1 aliphatic rings. The first-order valence-corrected chi connectivity index (χ1v) is 7.34. The van der Waals surface area contributed by atoms with Crippen molar-refractivity contribution in [2.75, 3.05) is 12.3 Å². The predicted octanol–water partition coefficient (Wildman–Crippen LogP) is 3.85. The van der Waals surface area contributed by atoms with Crippen molar-refractivity contribution in [2.24, 2.45) is 5.92 Å². The van der Waals surface area contributed by atoms with Crippen molar-refractivity contribution < 1.29 is 13.5 Å². The predicted molar refractivity (Wildman–Crippen MR) is 74.7 cm³/mol. The number of hydrogen-bond donors (Lipinski definition) is 1. The van der Waals surface area contributed by atoms with Crippen LogP contribution in [0.3, 0.4) is 0 Å². The summed E-state index contributed by atoms with van der Waals surface area (Å²) in [6.07, 6.45) is 3.31. The molecule has 0 amide bonds. The lowest BCUT2D eigenvalue weighted by molar-refractivity contribution is 0.170. The largest absolute Gasteiger partial charge is 0.487 e. The third-order valence-corrected chi connectivity index (χ3v) is 4.18. The summed E-state index contributed by atoms with van der Waals surface area (Å²) in [5.41, 5.74) is 6.35. The highest BCUT2D eigenvalue weighted by Gasteiger charge is 2.21. The molecular weight excluding hydrogens is 282 g/mol. The first-order chi connectivity index (χ1) is 9.63. The quantitative estimate of drug-likeness (QED) is 0.932. The fraction of sp³-hybridized carbons (Fsp3) is 0.357. The maximum Gasteiger partial charge on any atom is 0.190 e. The maximum absolute atomic E-state index is 14.0. The number of nitrogens with zero attached hydrogens (tertiary/aromatic N) is 1. The van der Waals surface area contributed by atoms with Crippen molar-refractivity contribution in [1.82, 2.24) is 4.98 Å². The molecule has 3 nitrogen and oxygen atoms in total. The van der Waals surface area contributed by atoms with E-state index in [0.717, 1.165) is 12.8 Å². The lowest BCUT2D eigenvalue weighted by atomic mass is 9.86. The third-order valence-electron chi connectivity index (χ3n) is 3.50. The molecule has 3 rings (SSSR count). The number of nitrogens with two attached hydrogens (primary N) is 1. The van der Waals surface area contributed by atoms with Crippen LogP contribution in [0.15, 0.2) is 17.5 Å². The van der Waals surface area contributed by atoms with Gasteiger partial charge in [-0.1, -0.05) is 6.42 Å². The summed E-state index contributed by atoms with van der Waals surface area (Å²) >= 11 is 1.23. The van der Waals surface area contributed by atoms with Crippen LogP contribution in [0, 0.1) is 17.6 Å². The monoisotopic (exact) mass is 296 g/mol. The van der Waals surface area contributed by atoms with Crippen molar-refractivity contribution in [3.8, 4) is 17.0 Å². The summed E-state index contributed by atoms with van der Waals surface area (Å²) in [5.74, 6) is -1.28. The van der Waals surface area contributed by atoms with E-state index in [-0.39, 0.29) is 5.75 Å². The molecule has 1 aliphatic carbocycles. The summed E-state index contributed by atoms with van der Waals surface area (Å²) in [7, 11) is 0. The Balaban J connectivity index is 1.82. The van der Waals surface area contributed by atoms with Gasteiger partial charge in [-0.05, 0) is 30.9 Å². The molecular formula is C14H14F2N2OS. The second kappa shape index (κ2) is 5.36. The van der Waals surface area contributed by atoms with E-state index in [4.69, 9.17) is 10.5 Å². The van der Waals surface area contributed by atoms with Crippen LogP contribution < -0.4 is 10.5 Å². The summed E-state index contributed by atoms with van der Waals surface area (Å²) in [6, 6.07) is 2.46. The summed E-state index contributed by atoms with van der Waals surface area (Å²) in [5, 5.41) is 2.03. The van der Waals surface area contributed by atoms with Crippen molar-refractivity contribution in [3.63, 3.8) is 0 Å². The van der Waals surface area contributed by atoms with Crippen molar-refractivity contribution in [1.29, 1.82) is 0 Å². The number of anilines is 1. The van der Waals surface area contributed by atoms with Gasteiger partial charge < -0.3 is 10.5 Å². The minimum atomic E-state index is -0.703. The maximum atomic E-state index is 14.0. The molecule has 2 aromatic rings. The molecule has 0 aliphatic heterocycles. The van der Waals surface area contributed by atoms with Crippen molar-refractivity contribution in [3.05, 3.63) is 29.1 Å². The molecule has 0 radical (unpaired) electrons. The molecule has 0 atom stereocenters. The molecule has 106 valence electrons. The molecule has 1 aromatic carbocycles. The smallest absolute Gasteiger partial charge is 0.190 e. The zero-order valence-electron chi connectivity index (χ0n) is 10.7. The summed E-state index contributed by atoms with van der Waals surface area (Å²) < 4.78 is 33.2. The zero-order chi connectivity index (χ0) is 14.1. The van der Waals surface area contributed by atoms with Crippen LogP contribution in [0.1, 0.15) is 19.3 Å². The topological polar surface area (TPSA) is 48.1 Å². The first kappa shape index (κ1) is 13.3. The standard InChI is InChI=1S/C14H14F2N2OS/c15-10-4-9(12-7-20-14(17)18-12)5-11(16)13(10)19-6-8-2-1-3-8/h4-5,7-8H,1-3,6H2,(H2,17,18). The van der Waals surface area contributed by atoms with Gasteiger partial charge in [-0.15, -0.1) is 11.3 Å². The number of halogens is 2. The van der Waals surface area contributed by atoms with E-state index in [0.29, 0.717) is 28.9 Å². The SMILES string of the molecule is Nc1nc(-c2cc(F)c(OCC3CCC3)c(F)c2)cs1. The van der Waals surface area contributed by atoms with E-state index < -0.39 is 11.6 Å². The number of thiazole rings is 1. The van der Waals surface area contributed by atoms with E-state index >= 15 is 0 Å². The van der Waals surface area contributed by atoms with Gasteiger partial charge in [0.05, 0.1) is 12.3 Å². The number of benzene rings is 1. The number of aromatic nitrogens is 1. The molecule has 0 spiro atoms. The zero-order valence-corrected chi connectivity index (χ0v) is 11.6. The van der Waals surface area contributed by atoms with Gasteiger partial charge in [0.15, 0.2) is 22.5 Å². The van der Waals surface area contributed by atoms with E-state index in [9.17, 15) is 8.78 Å². The minimum Gasteiger partial charge on any atom is -0.487 e. The van der Waals surface area contributed by atoms with Crippen LogP contribution in [0.2, 0.25) is 0 Å². The van der Waals surface area contributed by atoms with Gasteiger partial charge in [0, 0.05) is 10.9 Å². The Morgan fingerprint density at radius 3 is 2.50 bits per heavy atom. The molecule has 1 saturated carbocycles. The van der Waals surface area contributed by atoms with Gasteiger partial charge in [-0.3, -0.25) is 0 Å². The summed E-state index contributed by atoms with van der Waals surface area (Å²) in [6.45, 7) is 0.372. The van der Waals surface area contributed by atoms with Crippen LogP contribution in [0.25, 0.3) is 11.3 Å². The normalized spacial score (nSPS) is 15.1. The van der Waals surface area contributed by atoms with E-state index in [1.807, 2.05) is 0 Å². The Bertz CT molecular complexity index is 602. The highest BCUT2D eigenvalue weighted by molar-refractivity contribution is 7.13. The number of rotatable bonds is 4. The second-order valence-corrected chi connectivity index (χ2v) is 5.84. The third kappa shape index (κ3) is 2.60. The van der Waals surface area contributed by atoms with Crippen LogP contribution >= 0.6 is 11.3 Å². The Morgan fingerprint density at radius 1 is 1.30 bits per heavy atom. The first-order valence-electron chi connectivity index (χ1n) is 6.46.